The van der Waals surface area contributed by atoms with Crippen molar-refractivity contribution in [3.05, 3.63) is 82.2 Å². The third-order valence-electron chi connectivity index (χ3n) is 5.81. The van der Waals surface area contributed by atoms with Crippen LogP contribution in [0, 0.1) is 6.92 Å². The number of urea groups is 1. The molecule has 1 aromatic heterocycles. The first kappa shape index (κ1) is 22.8. The summed E-state index contributed by atoms with van der Waals surface area (Å²) in [5.41, 5.74) is 4.27. The van der Waals surface area contributed by atoms with Gasteiger partial charge in [-0.25, -0.2) is 4.79 Å². The highest BCUT2D eigenvalue weighted by atomic mass is 19.4. The minimum absolute atomic E-state index is 0.105. The van der Waals surface area contributed by atoms with Gasteiger partial charge in [-0.15, -0.1) is 0 Å². The fourth-order valence-electron chi connectivity index (χ4n) is 3.96. The summed E-state index contributed by atoms with van der Waals surface area (Å²) < 4.78 is 46.6. The lowest BCUT2D eigenvalue weighted by atomic mass is 10.1. The van der Waals surface area contributed by atoms with Crippen molar-refractivity contribution in [2.45, 2.75) is 39.3 Å². The van der Waals surface area contributed by atoms with Crippen molar-refractivity contribution < 1.29 is 22.7 Å². The summed E-state index contributed by atoms with van der Waals surface area (Å²) in [4.78, 5) is 14.3. The number of nitrogens with one attached hydrogen (secondary N) is 1. The molecule has 0 atom stereocenters. The van der Waals surface area contributed by atoms with Crippen molar-refractivity contribution in [2.75, 3.05) is 11.9 Å². The second kappa shape index (κ2) is 9.27. The lowest BCUT2D eigenvalue weighted by molar-refractivity contribution is -0.137. The van der Waals surface area contributed by atoms with Crippen LogP contribution in [0.2, 0.25) is 0 Å². The summed E-state index contributed by atoms with van der Waals surface area (Å²) in [6, 6.07) is 12.2. The maximum absolute atomic E-state index is 13.0. The predicted molar refractivity (Wildman–Crippen MR) is 117 cm³/mol. The number of amides is 2. The van der Waals surface area contributed by atoms with Gasteiger partial charge in [0.25, 0.3) is 0 Å². The Balaban J connectivity index is 1.42. The van der Waals surface area contributed by atoms with Crippen molar-refractivity contribution in [1.82, 2.24) is 14.7 Å². The monoisotopic (exact) mass is 458 g/mol. The molecule has 33 heavy (non-hydrogen) atoms. The Morgan fingerprint density at radius 2 is 1.94 bits per heavy atom. The highest BCUT2D eigenvalue weighted by Gasteiger charge is 2.31. The molecule has 1 N–H and O–H groups in total. The van der Waals surface area contributed by atoms with Gasteiger partial charge in [0.15, 0.2) is 0 Å². The number of fused-ring (bicyclic) bond motifs is 1. The summed E-state index contributed by atoms with van der Waals surface area (Å²) in [6.07, 6.45) is -3.86. The van der Waals surface area contributed by atoms with E-state index in [9.17, 15) is 18.0 Å². The van der Waals surface area contributed by atoms with Crippen molar-refractivity contribution >= 4 is 11.7 Å². The summed E-state index contributed by atoms with van der Waals surface area (Å²) >= 11 is 0. The van der Waals surface area contributed by atoms with Crippen molar-refractivity contribution in [3.63, 3.8) is 0 Å². The largest absolute Gasteiger partial charge is 0.416 e. The van der Waals surface area contributed by atoms with E-state index in [-0.39, 0.29) is 5.69 Å². The van der Waals surface area contributed by atoms with Crippen LogP contribution in [0.25, 0.3) is 0 Å². The molecule has 2 amide bonds. The SMILES string of the molecule is Cc1ccccc1COCc1nn(C)c2c1CN(C(=O)Nc1cccc(C(F)(F)F)c1)CC2. The van der Waals surface area contributed by atoms with Crippen LogP contribution >= 0.6 is 0 Å². The lowest BCUT2D eigenvalue weighted by Gasteiger charge is -2.28. The highest BCUT2D eigenvalue weighted by molar-refractivity contribution is 5.89. The van der Waals surface area contributed by atoms with Gasteiger partial charge in [0.05, 0.1) is 31.0 Å². The smallest absolute Gasteiger partial charge is 0.370 e. The van der Waals surface area contributed by atoms with Crippen LogP contribution in [-0.4, -0.2) is 27.3 Å². The molecule has 0 bridgehead atoms. The van der Waals surface area contributed by atoms with E-state index in [1.807, 2.05) is 42.9 Å². The average Bonchev–Trinajstić information content (AvgIpc) is 3.09. The Bertz CT molecular complexity index is 1160. The van der Waals surface area contributed by atoms with E-state index in [2.05, 4.69) is 10.4 Å². The zero-order chi connectivity index (χ0) is 23.6. The van der Waals surface area contributed by atoms with E-state index in [0.717, 1.165) is 40.2 Å². The molecule has 6 nitrogen and oxygen atoms in total. The number of rotatable bonds is 5. The first-order valence-corrected chi connectivity index (χ1v) is 10.6. The highest BCUT2D eigenvalue weighted by Crippen LogP contribution is 2.31. The molecule has 0 saturated heterocycles. The molecule has 2 aromatic carbocycles. The number of carbonyl (C=O) groups is 1. The van der Waals surface area contributed by atoms with E-state index in [1.54, 1.807) is 4.90 Å². The van der Waals surface area contributed by atoms with E-state index < -0.39 is 17.8 Å². The van der Waals surface area contributed by atoms with E-state index in [1.165, 1.54) is 12.1 Å². The zero-order valence-corrected chi connectivity index (χ0v) is 18.4. The molecule has 0 saturated carbocycles. The zero-order valence-electron chi connectivity index (χ0n) is 18.4. The minimum Gasteiger partial charge on any atom is -0.370 e. The Kier molecular flexibility index (Phi) is 6.42. The van der Waals surface area contributed by atoms with Gasteiger partial charge in [0.1, 0.15) is 0 Å². The van der Waals surface area contributed by atoms with Crippen LogP contribution in [0.15, 0.2) is 48.5 Å². The van der Waals surface area contributed by atoms with Crippen LogP contribution < -0.4 is 5.32 Å². The lowest BCUT2D eigenvalue weighted by Crippen LogP contribution is -2.39. The normalized spacial score (nSPS) is 13.7. The van der Waals surface area contributed by atoms with Crippen LogP contribution in [0.3, 0.4) is 0 Å². The van der Waals surface area contributed by atoms with Crippen LogP contribution in [0.1, 0.15) is 33.6 Å². The number of carbonyl (C=O) groups excluding carboxylic acids is 1. The van der Waals surface area contributed by atoms with E-state index in [0.29, 0.717) is 32.7 Å². The van der Waals surface area contributed by atoms with Crippen molar-refractivity contribution in [2.24, 2.45) is 7.05 Å². The van der Waals surface area contributed by atoms with E-state index in [4.69, 9.17) is 4.74 Å². The standard InChI is InChI=1S/C24H25F3N4O2/c1-16-6-3-4-7-17(16)14-33-15-21-20-13-31(11-10-22(20)30(2)29-21)23(32)28-19-9-5-8-18(12-19)24(25,26)27/h3-9,12H,10-11,13-15H2,1-2H3,(H,28,32). The number of alkyl halides is 3. The van der Waals surface area contributed by atoms with Crippen LogP contribution in [0.4, 0.5) is 23.7 Å². The Morgan fingerprint density at radius 3 is 2.70 bits per heavy atom. The van der Waals surface area contributed by atoms with Gasteiger partial charge in [-0.3, -0.25) is 4.68 Å². The van der Waals surface area contributed by atoms with Gasteiger partial charge in [-0.1, -0.05) is 30.3 Å². The molecule has 4 rings (SSSR count). The molecule has 3 aromatic rings. The molecule has 1 aliphatic heterocycles. The van der Waals surface area contributed by atoms with Gasteiger partial charge < -0.3 is 15.0 Å². The van der Waals surface area contributed by atoms with E-state index >= 15 is 0 Å². The fraction of sp³-hybridized carbons (Fsp3) is 0.333. The number of aryl methyl sites for hydroxylation is 2. The first-order valence-electron chi connectivity index (χ1n) is 10.6. The Labute approximate surface area is 190 Å². The van der Waals surface area contributed by atoms with Gasteiger partial charge >= 0.3 is 12.2 Å². The van der Waals surface area contributed by atoms with Crippen LogP contribution in [0.5, 0.6) is 0 Å². The molecule has 0 aliphatic carbocycles. The minimum atomic E-state index is -4.47. The second-order valence-corrected chi connectivity index (χ2v) is 8.10. The molecule has 2 heterocycles. The van der Waals surface area contributed by atoms with Gasteiger partial charge in [0, 0.05) is 37.0 Å². The summed E-state index contributed by atoms with van der Waals surface area (Å²) in [5, 5.41) is 7.15. The molecule has 0 radical (unpaired) electrons. The number of hydrogen-bond acceptors (Lipinski definition) is 3. The summed E-state index contributed by atoms with van der Waals surface area (Å²) in [7, 11) is 1.86. The van der Waals surface area contributed by atoms with Crippen molar-refractivity contribution in [1.29, 1.82) is 0 Å². The molecule has 9 heteroatoms. The molecule has 0 unspecified atom stereocenters. The number of anilines is 1. The molecular formula is C24H25F3N4O2. The third kappa shape index (κ3) is 5.19. The van der Waals surface area contributed by atoms with Gasteiger partial charge in [0.2, 0.25) is 0 Å². The fourth-order valence-corrected chi connectivity index (χ4v) is 3.96. The van der Waals surface area contributed by atoms with Gasteiger partial charge in [-0.05, 0) is 36.2 Å². The summed E-state index contributed by atoms with van der Waals surface area (Å²) in [6.45, 7) is 3.55. The third-order valence-corrected chi connectivity index (χ3v) is 5.81. The first-order chi connectivity index (χ1) is 15.7. The maximum Gasteiger partial charge on any atom is 0.416 e. The number of aromatic nitrogens is 2. The molecule has 1 aliphatic rings. The molecule has 174 valence electrons. The van der Waals surface area contributed by atoms with Gasteiger partial charge in [-0.2, -0.15) is 18.3 Å². The average molecular weight is 458 g/mol. The number of hydrogen-bond donors (Lipinski definition) is 1. The summed E-state index contributed by atoms with van der Waals surface area (Å²) in [5.74, 6) is 0. The quantitative estimate of drug-likeness (QED) is 0.582. The molecule has 0 spiro atoms. The molecular weight excluding hydrogens is 433 g/mol. The predicted octanol–water partition coefficient (Wildman–Crippen LogP) is 5.05. The Morgan fingerprint density at radius 1 is 1.15 bits per heavy atom. The number of ether oxygens (including phenoxy) is 1. The van der Waals surface area contributed by atoms with Crippen LogP contribution in [-0.2, 0) is 44.1 Å². The molecule has 0 fully saturated rings. The topological polar surface area (TPSA) is 59.4 Å². The van der Waals surface area contributed by atoms with Crippen molar-refractivity contribution in [3.8, 4) is 0 Å². The second-order valence-electron chi connectivity index (χ2n) is 8.10. The maximum atomic E-state index is 13.0. The number of benzene rings is 2. The number of halogens is 3. The Hall–Kier alpha value is -3.33. The number of nitrogens with zero attached hydrogens (tertiary/aromatic N) is 3.